The third-order valence-corrected chi connectivity index (χ3v) is 3.49. The normalized spacial score (nSPS) is 23.0. The predicted octanol–water partition coefficient (Wildman–Crippen LogP) is 1.20. The van der Waals surface area contributed by atoms with E-state index in [-0.39, 0.29) is 23.5 Å². The maximum atomic E-state index is 12.1. The van der Waals surface area contributed by atoms with Crippen LogP contribution in [0.2, 0.25) is 0 Å². The van der Waals surface area contributed by atoms with Crippen molar-refractivity contribution < 1.29 is 9.53 Å². The quantitative estimate of drug-likeness (QED) is 0.858. The average molecular weight is 264 g/mol. The van der Waals surface area contributed by atoms with E-state index in [0.717, 1.165) is 31.4 Å². The first-order valence-corrected chi connectivity index (χ1v) is 6.77. The number of ether oxygens (including phenoxy) is 1. The number of rotatable bonds is 4. The molecule has 1 aliphatic heterocycles. The molecule has 0 bridgehead atoms. The highest BCUT2D eigenvalue weighted by molar-refractivity contribution is 5.79. The van der Waals surface area contributed by atoms with E-state index in [0.29, 0.717) is 6.54 Å². The van der Waals surface area contributed by atoms with E-state index in [2.05, 4.69) is 10.3 Å². The molecule has 1 amide bonds. The molecule has 1 saturated heterocycles. The molecule has 5 nitrogen and oxygen atoms in total. The Morgan fingerprint density at radius 3 is 3.05 bits per heavy atom. The zero-order valence-corrected chi connectivity index (χ0v) is 11.1. The number of nitrogens with one attached hydrogen (secondary N) is 2. The second-order valence-electron chi connectivity index (χ2n) is 4.85. The Bertz CT molecular complexity index is 463. The molecular formula is C14H20N2O3. The van der Waals surface area contributed by atoms with Crippen LogP contribution in [0.25, 0.3) is 0 Å². The van der Waals surface area contributed by atoms with Gasteiger partial charge in [-0.3, -0.25) is 9.59 Å². The molecule has 0 spiro atoms. The Morgan fingerprint density at radius 1 is 1.53 bits per heavy atom. The maximum Gasteiger partial charge on any atom is 0.247 e. The van der Waals surface area contributed by atoms with Crippen molar-refractivity contribution in [3.05, 3.63) is 34.2 Å². The largest absolute Gasteiger partial charge is 0.377 e. The van der Waals surface area contributed by atoms with Crippen molar-refractivity contribution in [2.75, 3.05) is 6.61 Å². The van der Waals surface area contributed by atoms with E-state index in [4.69, 9.17) is 4.74 Å². The molecule has 1 aliphatic rings. The van der Waals surface area contributed by atoms with Crippen LogP contribution in [0.5, 0.6) is 0 Å². The Kier molecular flexibility index (Phi) is 4.74. The molecule has 2 atom stereocenters. The fraction of sp³-hybridized carbons (Fsp3) is 0.571. The summed E-state index contributed by atoms with van der Waals surface area (Å²) in [6, 6.07) is 3.17. The molecule has 0 saturated carbocycles. The minimum Gasteiger partial charge on any atom is -0.377 e. The van der Waals surface area contributed by atoms with Crippen molar-refractivity contribution >= 4 is 5.91 Å². The SMILES string of the molecule is CCC1OCCCC1C(=O)NCc1ccc(=O)[nH]c1. The first kappa shape index (κ1) is 13.8. The van der Waals surface area contributed by atoms with Crippen LogP contribution in [0.15, 0.2) is 23.1 Å². The Labute approximate surface area is 112 Å². The third kappa shape index (κ3) is 3.67. The van der Waals surface area contributed by atoms with Crippen LogP contribution >= 0.6 is 0 Å². The van der Waals surface area contributed by atoms with Gasteiger partial charge in [0.25, 0.3) is 0 Å². The summed E-state index contributed by atoms with van der Waals surface area (Å²) < 4.78 is 5.62. The van der Waals surface area contributed by atoms with Crippen LogP contribution in [0.1, 0.15) is 31.7 Å². The monoisotopic (exact) mass is 264 g/mol. The van der Waals surface area contributed by atoms with E-state index >= 15 is 0 Å². The molecule has 0 aromatic carbocycles. The zero-order valence-electron chi connectivity index (χ0n) is 11.1. The summed E-state index contributed by atoms with van der Waals surface area (Å²) in [7, 11) is 0. The predicted molar refractivity (Wildman–Crippen MR) is 71.7 cm³/mol. The van der Waals surface area contributed by atoms with Gasteiger partial charge in [-0.25, -0.2) is 0 Å². The van der Waals surface area contributed by atoms with Crippen molar-refractivity contribution in [3.8, 4) is 0 Å². The molecular weight excluding hydrogens is 244 g/mol. The number of amides is 1. The van der Waals surface area contributed by atoms with Gasteiger partial charge in [-0.1, -0.05) is 13.0 Å². The van der Waals surface area contributed by atoms with Crippen molar-refractivity contribution in [1.29, 1.82) is 0 Å². The lowest BCUT2D eigenvalue weighted by Gasteiger charge is -2.30. The Hall–Kier alpha value is -1.62. The highest BCUT2D eigenvalue weighted by atomic mass is 16.5. The summed E-state index contributed by atoms with van der Waals surface area (Å²) in [4.78, 5) is 25.7. The van der Waals surface area contributed by atoms with Crippen molar-refractivity contribution in [3.63, 3.8) is 0 Å². The average Bonchev–Trinajstić information content (AvgIpc) is 2.46. The summed E-state index contributed by atoms with van der Waals surface area (Å²) in [5.41, 5.74) is 0.750. The second-order valence-corrected chi connectivity index (χ2v) is 4.85. The summed E-state index contributed by atoms with van der Waals surface area (Å²) >= 11 is 0. The van der Waals surface area contributed by atoms with Crippen molar-refractivity contribution in [2.24, 2.45) is 5.92 Å². The number of H-pyrrole nitrogens is 1. The fourth-order valence-corrected chi connectivity index (χ4v) is 2.42. The van der Waals surface area contributed by atoms with E-state index in [1.807, 2.05) is 6.92 Å². The van der Waals surface area contributed by atoms with Gasteiger partial charge in [-0.05, 0) is 24.8 Å². The lowest BCUT2D eigenvalue weighted by molar-refractivity contribution is -0.134. The van der Waals surface area contributed by atoms with Crippen molar-refractivity contribution in [2.45, 2.75) is 38.8 Å². The van der Waals surface area contributed by atoms with Crippen molar-refractivity contribution in [1.82, 2.24) is 10.3 Å². The number of hydrogen-bond donors (Lipinski definition) is 2. The standard InChI is InChI=1S/C14H20N2O3/c1-2-12-11(4-3-7-19-12)14(18)16-9-10-5-6-13(17)15-8-10/h5-6,8,11-12H,2-4,7,9H2,1H3,(H,15,17)(H,16,18). The van der Waals surface area contributed by atoms with Gasteiger partial charge >= 0.3 is 0 Å². The molecule has 104 valence electrons. The van der Waals surface area contributed by atoms with Gasteiger partial charge in [-0.2, -0.15) is 0 Å². The van der Waals surface area contributed by atoms with Gasteiger partial charge in [-0.15, -0.1) is 0 Å². The van der Waals surface area contributed by atoms with Gasteiger partial charge in [0.1, 0.15) is 0 Å². The van der Waals surface area contributed by atoms with Crippen LogP contribution < -0.4 is 10.9 Å². The Morgan fingerprint density at radius 2 is 2.37 bits per heavy atom. The van der Waals surface area contributed by atoms with Crippen LogP contribution in [0.3, 0.4) is 0 Å². The number of carbonyl (C=O) groups is 1. The molecule has 2 unspecified atom stereocenters. The van der Waals surface area contributed by atoms with Crippen LogP contribution in [-0.2, 0) is 16.1 Å². The number of aromatic nitrogens is 1. The highest BCUT2D eigenvalue weighted by Crippen LogP contribution is 2.23. The number of hydrogen-bond acceptors (Lipinski definition) is 3. The topological polar surface area (TPSA) is 71.2 Å². The summed E-state index contributed by atoms with van der Waals surface area (Å²) in [5, 5.41) is 2.91. The molecule has 2 N–H and O–H groups in total. The molecule has 1 aromatic rings. The van der Waals surface area contributed by atoms with Gasteiger partial charge in [0.2, 0.25) is 11.5 Å². The molecule has 1 aromatic heterocycles. The second kappa shape index (κ2) is 6.52. The molecule has 19 heavy (non-hydrogen) atoms. The summed E-state index contributed by atoms with van der Waals surface area (Å²) in [5.74, 6) is -0.0146. The third-order valence-electron chi connectivity index (χ3n) is 3.49. The van der Waals surface area contributed by atoms with Gasteiger partial charge < -0.3 is 15.0 Å². The van der Waals surface area contributed by atoms with Gasteiger partial charge in [0, 0.05) is 25.4 Å². The molecule has 5 heteroatoms. The lowest BCUT2D eigenvalue weighted by atomic mass is 9.92. The minimum atomic E-state index is -0.137. The van der Waals surface area contributed by atoms with Gasteiger partial charge in [0.05, 0.1) is 12.0 Å². The van der Waals surface area contributed by atoms with Crippen LogP contribution in [0, 0.1) is 5.92 Å². The maximum absolute atomic E-state index is 12.1. The van der Waals surface area contributed by atoms with E-state index < -0.39 is 0 Å². The van der Waals surface area contributed by atoms with Crippen LogP contribution in [0.4, 0.5) is 0 Å². The van der Waals surface area contributed by atoms with E-state index in [9.17, 15) is 9.59 Å². The first-order chi connectivity index (χ1) is 9.20. The van der Waals surface area contributed by atoms with Gasteiger partial charge in [0.15, 0.2) is 0 Å². The van der Waals surface area contributed by atoms with E-state index in [1.165, 1.54) is 6.07 Å². The summed E-state index contributed by atoms with van der Waals surface area (Å²) in [6.07, 6.45) is 4.33. The Balaban J connectivity index is 1.89. The number of pyridine rings is 1. The van der Waals surface area contributed by atoms with Crippen LogP contribution in [-0.4, -0.2) is 23.6 Å². The molecule has 0 radical (unpaired) electrons. The molecule has 2 rings (SSSR count). The number of carbonyl (C=O) groups excluding carboxylic acids is 1. The van der Waals surface area contributed by atoms with E-state index in [1.54, 1.807) is 12.3 Å². The first-order valence-electron chi connectivity index (χ1n) is 6.77. The smallest absolute Gasteiger partial charge is 0.247 e. The molecule has 2 heterocycles. The zero-order chi connectivity index (χ0) is 13.7. The fourth-order valence-electron chi connectivity index (χ4n) is 2.42. The number of aromatic amines is 1. The molecule has 0 aliphatic carbocycles. The molecule has 1 fully saturated rings. The minimum absolute atomic E-state index is 0.0318. The lowest BCUT2D eigenvalue weighted by Crippen LogP contribution is -2.41. The highest BCUT2D eigenvalue weighted by Gasteiger charge is 2.30. The summed E-state index contributed by atoms with van der Waals surface area (Å²) in [6.45, 7) is 3.23.